The Morgan fingerprint density at radius 1 is 0.398 bits per heavy atom. The molecule has 0 radical (unpaired) electrons. The van der Waals surface area contributed by atoms with Gasteiger partial charge < -0.3 is 65.1 Å². The van der Waals surface area contributed by atoms with Crippen LogP contribution in [-0.2, 0) is 23.7 Å². The van der Waals surface area contributed by atoms with Crippen molar-refractivity contribution in [1.82, 2.24) is 5.32 Å². The van der Waals surface area contributed by atoms with E-state index in [4.69, 9.17) is 18.9 Å². The molecule has 0 aromatic rings. The molecule has 0 aromatic carbocycles. The van der Waals surface area contributed by atoms with E-state index < -0.39 is 86.8 Å². The average Bonchev–Trinajstić information content (AvgIpc) is 0.958. The largest absolute Gasteiger partial charge is 0.394 e. The molecule has 2 fully saturated rings. The second-order valence-electron chi connectivity index (χ2n) is 26.8. The molecule has 0 spiro atoms. The van der Waals surface area contributed by atoms with Gasteiger partial charge in [0.25, 0.3) is 0 Å². The quantitative estimate of drug-likeness (QED) is 0.0204. The number of rotatable bonds is 63. The Balaban J connectivity index is 1.57. The first kappa shape index (κ1) is 86.3. The third kappa shape index (κ3) is 46.1. The van der Waals surface area contributed by atoms with Gasteiger partial charge in [0.2, 0.25) is 5.91 Å². The Hall–Kier alpha value is -2.83. The molecule has 9 N–H and O–H groups in total. The molecular weight excluding hydrogens is 1170 g/mol. The van der Waals surface area contributed by atoms with Crippen LogP contribution in [0.15, 0.2) is 85.1 Å². The molecule has 1 amide bonds. The lowest BCUT2D eigenvalue weighted by Crippen LogP contribution is -2.65. The zero-order valence-electron chi connectivity index (χ0n) is 59.0. The highest BCUT2D eigenvalue weighted by Crippen LogP contribution is 2.30. The van der Waals surface area contributed by atoms with Gasteiger partial charge in [0, 0.05) is 6.42 Å². The minimum Gasteiger partial charge on any atom is -0.394 e. The molecule has 14 nitrogen and oxygen atoms in total. The molecule has 2 aliphatic heterocycles. The number of aliphatic hydroxyl groups is 8. The number of carbonyl (C=O) groups excluding carboxylic acids is 1. The van der Waals surface area contributed by atoms with Gasteiger partial charge in [-0.2, -0.15) is 0 Å². The molecule has 12 unspecified atom stereocenters. The Kier molecular flexibility index (Phi) is 58.1. The zero-order valence-corrected chi connectivity index (χ0v) is 59.0. The molecule has 93 heavy (non-hydrogen) atoms. The van der Waals surface area contributed by atoms with Crippen LogP contribution in [0.25, 0.3) is 0 Å². The lowest BCUT2D eigenvalue weighted by Gasteiger charge is -2.46. The summed E-state index contributed by atoms with van der Waals surface area (Å²) in [6, 6.07) is -0.916. The summed E-state index contributed by atoms with van der Waals surface area (Å²) in [5.74, 6) is -0.235. The second kappa shape index (κ2) is 62.7. The van der Waals surface area contributed by atoms with Gasteiger partial charge >= 0.3 is 0 Å². The van der Waals surface area contributed by atoms with E-state index in [9.17, 15) is 45.6 Å². The number of hydrogen-bond acceptors (Lipinski definition) is 13. The molecule has 0 saturated carbocycles. The second-order valence-corrected chi connectivity index (χ2v) is 26.8. The maximum Gasteiger partial charge on any atom is 0.220 e. The fraction of sp³-hybridized carbons (Fsp3) is 0.810. The van der Waals surface area contributed by atoms with Crippen molar-refractivity contribution in [3.05, 3.63) is 85.1 Å². The first-order valence-corrected chi connectivity index (χ1v) is 38.3. The summed E-state index contributed by atoms with van der Waals surface area (Å²) in [7, 11) is 0. The number of unbranched alkanes of at least 4 members (excludes halogenated alkanes) is 38. The van der Waals surface area contributed by atoms with Gasteiger partial charge in [-0.15, -0.1) is 0 Å². The Bertz CT molecular complexity index is 1890. The van der Waals surface area contributed by atoms with Crippen LogP contribution >= 0.6 is 0 Å². The molecule has 2 heterocycles. The predicted octanol–water partition coefficient (Wildman–Crippen LogP) is 16.7. The topological polar surface area (TPSA) is 228 Å². The molecule has 0 aliphatic carbocycles. The molecule has 2 aliphatic rings. The lowest BCUT2D eigenvalue weighted by molar-refractivity contribution is -0.359. The van der Waals surface area contributed by atoms with E-state index in [2.05, 4.69) is 92.1 Å². The van der Waals surface area contributed by atoms with Crippen molar-refractivity contribution < 1.29 is 64.6 Å². The van der Waals surface area contributed by atoms with Gasteiger partial charge in [0.1, 0.15) is 48.8 Å². The molecular formula is C79H141NO13. The number of hydrogen-bond donors (Lipinski definition) is 9. The molecule has 2 saturated heterocycles. The van der Waals surface area contributed by atoms with Gasteiger partial charge in [-0.05, 0) is 70.6 Å². The highest BCUT2D eigenvalue weighted by molar-refractivity contribution is 5.76. The molecule has 2 rings (SSSR count). The normalized spacial score (nSPS) is 23.0. The minimum atomic E-state index is -1.79. The highest BCUT2D eigenvalue weighted by Gasteiger charge is 2.51. The van der Waals surface area contributed by atoms with Gasteiger partial charge in [0.15, 0.2) is 12.6 Å². The third-order valence-corrected chi connectivity index (χ3v) is 18.3. The lowest BCUT2D eigenvalue weighted by atomic mass is 9.97. The number of ether oxygens (including phenoxy) is 4. The van der Waals surface area contributed by atoms with E-state index in [0.717, 1.165) is 77.0 Å². The summed E-state index contributed by atoms with van der Waals surface area (Å²) in [4.78, 5) is 13.4. The minimum absolute atomic E-state index is 0.235. The summed E-state index contributed by atoms with van der Waals surface area (Å²) in [5, 5.41) is 87.5. The molecule has 0 aromatic heterocycles. The monoisotopic (exact) mass is 1310 g/mol. The Morgan fingerprint density at radius 2 is 0.742 bits per heavy atom. The third-order valence-electron chi connectivity index (χ3n) is 18.3. The molecule has 0 bridgehead atoms. The van der Waals surface area contributed by atoms with Gasteiger partial charge in [-0.1, -0.05) is 324 Å². The van der Waals surface area contributed by atoms with Crippen LogP contribution in [0.4, 0.5) is 0 Å². The molecule has 12 atom stereocenters. The van der Waals surface area contributed by atoms with E-state index >= 15 is 0 Å². The van der Waals surface area contributed by atoms with Crippen molar-refractivity contribution in [2.24, 2.45) is 0 Å². The standard InChI is InChI=1S/C79H141NO13/c1-3-5-7-9-11-13-15-17-19-21-23-24-25-26-27-28-29-30-31-32-33-34-35-36-37-38-39-40-41-42-43-44-45-47-49-51-53-55-57-59-61-63-71(84)80-67(68(83)62-60-58-56-54-52-50-48-46-22-20-18-16-14-12-10-8-6-4-2)66-90-78-76(89)74(87)77(70(65-82)92-78)93-79-75(88)73(86)72(85)69(64-81)91-79/h5,7,11,13,17,19,23-24,26-27,29-30,60,62,67-70,72-79,81-83,85-89H,3-4,6,8-10,12,14-16,18,20-22,25,28,31-59,61,63-66H2,1-2H3,(H,80,84)/b7-5-,13-11-,19-17-,24-23-,27-26-,30-29-,62-60+. The van der Waals surface area contributed by atoms with Crippen molar-refractivity contribution in [2.45, 2.75) is 389 Å². The van der Waals surface area contributed by atoms with E-state index in [1.807, 2.05) is 6.08 Å². The zero-order chi connectivity index (χ0) is 67.3. The predicted molar refractivity (Wildman–Crippen MR) is 383 cm³/mol. The Morgan fingerprint density at radius 3 is 1.14 bits per heavy atom. The smallest absolute Gasteiger partial charge is 0.220 e. The summed E-state index contributed by atoms with van der Waals surface area (Å²) in [6.07, 6.45) is 70.9. The van der Waals surface area contributed by atoms with E-state index in [1.54, 1.807) is 6.08 Å². The van der Waals surface area contributed by atoms with Crippen LogP contribution in [0.3, 0.4) is 0 Å². The van der Waals surface area contributed by atoms with Crippen LogP contribution in [0.2, 0.25) is 0 Å². The number of allylic oxidation sites excluding steroid dienone is 13. The maximum atomic E-state index is 13.4. The first-order chi connectivity index (χ1) is 45.6. The van der Waals surface area contributed by atoms with Gasteiger partial charge in [0.05, 0.1) is 32.0 Å². The number of nitrogens with one attached hydrogen (secondary N) is 1. The van der Waals surface area contributed by atoms with Crippen LogP contribution in [0, 0.1) is 0 Å². The average molecular weight is 1310 g/mol. The van der Waals surface area contributed by atoms with Crippen molar-refractivity contribution in [3.8, 4) is 0 Å². The summed E-state index contributed by atoms with van der Waals surface area (Å²) < 4.78 is 22.9. The number of aliphatic hydroxyl groups excluding tert-OH is 8. The Labute approximate surface area is 567 Å². The molecule has 14 heteroatoms. The summed E-state index contributed by atoms with van der Waals surface area (Å²) in [5.41, 5.74) is 0. The summed E-state index contributed by atoms with van der Waals surface area (Å²) >= 11 is 0. The molecule has 540 valence electrons. The maximum absolute atomic E-state index is 13.4. The van der Waals surface area contributed by atoms with Crippen molar-refractivity contribution in [3.63, 3.8) is 0 Å². The number of carbonyl (C=O) groups is 1. The SMILES string of the molecule is CC/C=C\C/C=C\C/C=C\C/C=C\C/C=C\C/C=C\CCCCCCCCCCCCCCCCCCCCCCCCC(=O)NC(COC1OC(CO)C(OC2OC(CO)C(O)C(O)C2O)C(O)C1O)C(O)/C=C/CCCCCCCCCCCCCCCCCC. The van der Waals surface area contributed by atoms with E-state index in [-0.39, 0.29) is 18.9 Å². The number of amides is 1. The highest BCUT2D eigenvalue weighted by atomic mass is 16.7. The van der Waals surface area contributed by atoms with Crippen LogP contribution in [0.5, 0.6) is 0 Å². The fourth-order valence-corrected chi connectivity index (χ4v) is 12.3. The van der Waals surface area contributed by atoms with E-state index in [1.165, 1.54) is 212 Å². The van der Waals surface area contributed by atoms with E-state index in [0.29, 0.717) is 6.42 Å². The van der Waals surface area contributed by atoms with Crippen molar-refractivity contribution >= 4 is 5.91 Å². The summed E-state index contributed by atoms with van der Waals surface area (Å²) in [6.45, 7) is 2.72. The van der Waals surface area contributed by atoms with Crippen molar-refractivity contribution in [1.29, 1.82) is 0 Å². The van der Waals surface area contributed by atoms with Crippen molar-refractivity contribution in [2.75, 3.05) is 19.8 Å². The first-order valence-electron chi connectivity index (χ1n) is 38.3. The van der Waals surface area contributed by atoms with Crippen LogP contribution < -0.4 is 5.32 Å². The van der Waals surface area contributed by atoms with Gasteiger partial charge in [-0.3, -0.25) is 4.79 Å². The van der Waals surface area contributed by atoms with Crippen LogP contribution in [0.1, 0.15) is 316 Å². The fourth-order valence-electron chi connectivity index (χ4n) is 12.3. The van der Waals surface area contributed by atoms with Gasteiger partial charge in [-0.25, -0.2) is 0 Å². The van der Waals surface area contributed by atoms with Crippen LogP contribution in [-0.4, -0.2) is 140 Å².